The fourth-order valence-electron chi connectivity index (χ4n) is 2.20. The summed E-state index contributed by atoms with van der Waals surface area (Å²) in [6.07, 6.45) is -0.852. The number of aliphatic hydroxyl groups excluding tert-OH is 1. The quantitative estimate of drug-likeness (QED) is 0.803. The fourth-order valence-corrected chi connectivity index (χ4v) is 2.20. The van der Waals surface area contributed by atoms with Crippen molar-refractivity contribution in [3.63, 3.8) is 0 Å². The first-order chi connectivity index (χ1) is 8.21. The predicted octanol–water partition coefficient (Wildman–Crippen LogP) is 1.41. The van der Waals surface area contributed by atoms with Crippen molar-refractivity contribution in [1.82, 2.24) is 0 Å². The third-order valence-electron chi connectivity index (χ3n) is 3.09. The van der Waals surface area contributed by atoms with Gasteiger partial charge in [-0.15, -0.1) is 0 Å². The fraction of sp³-hybridized carbons (Fsp3) is 0.385. The van der Waals surface area contributed by atoms with E-state index in [2.05, 4.69) is 0 Å². The van der Waals surface area contributed by atoms with Gasteiger partial charge in [-0.25, -0.2) is 0 Å². The van der Waals surface area contributed by atoms with E-state index in [-0.39, 0.29) is 0 Å². The van der Waals surface area contributed by atoms with Gasteiger partial charge in [0.2, 0.25) is 0 Å². The van der Waals surface area contributed by atoms with Crippen molar-refractivity contribution in [3.8, 4) is 0 Å². The van der Waals surface area contributed by atoms with Crippen molar-refractivity contribution in [2.24, 2.45) is 0 Å². The summed E-state index contributed by atoms with van der Waals surface area (Å²) in [6, 6.07) is 9.55. The van der Waals surface area contributed by atoms with Gasteiger partial charge in [-0.05, 0) is 5.56 Å². The van der Waals surface area contributed by atoms with Gasteiger partial charge < -0.3 is 19.3 Å². The van der Waals surface area contributed by atoms with Crippen LogP contribution in [0.5, 0.6) is 0 Å². The second-order valence-corrected chi connectivity index (χ2v) is 3.79. The molecule has 0 saturated heterocycles. The van der Waals surface area contributed by atoms with Gasteiger partial charge in [-0.1, -0.05) is 30.3 Å². The Labute approximate surface area is 100 Å². The summed E-state index contributed by atoms with van der Waals surface area (Å²) in [7, 11) is 4.50. The Kier molecular flexibility index (Phi) is 3.19. The van der Waals surface area contributed by atoms with Gasteiger partial charge in [0.1, 0.15) is 6.10 Å². The highest BCUT2D eigenvalue weighted by Gasteiger charge is 2.57. The molecular weight excluding hydrogens is 220 g/mol. The minimum absolute atomic E-state index is 0.515. The van der Waals surface area contributed by atoms with E-state index < -0.39 is 11.9 Å². The molecule has 2 rings (SSSR count). The topological polar surface area (TPSA) is 47.9 Å². The normalized spacial score (nSPS) is 22.2. The summed E-state index contributed by atoms with van der Waals surface area (Å²) in [6.45, 7) is 0. The monoisotopic (exact) mass is 236 g/mol. The molecule has 92 valence electrons. The highest BCUT2D eigenvalue weighted by Crippen LogP contribution is 2.47. The van der Waals surface area contributed by atoms with Crippen molar-refractivity contribution in [3.05, 3.63) is 41.7 Å². The molecule has 0 aliphatic heterocycles. The van der Waals surface area contributed by atoms with E-state index in [0.717, 1.165) is 5.56 Å². The largest absolute Gasteiger partial charge is 0.495 e. The van der Waals surface area contributed by atoms with E-state index in [1.165, 1.54) is 21.3 Å². The first-order valence-electron chi connectivity index (χ1n) is 5.33. The van der Waals surface area contributed by atoms with Gasteiger partial charge in [0.25, 0.3) is 5.79 Å². The Bertz CT molecular complexity index is 420. The molecule has 1 aromatic rings. The van der Waals surface area contributed by atoms with Gasteiger partial charge in [0.15, 0.2) is 5.76 Å². The van der Waals surface area contributed by atoms with Crippen LogP contribution in [0.1, 0.15) is 5.56 Å². The van der Waals surface area contributed by atoms with Gasteiger partial charge in [-0.3, -0.25) is 0 Å². The highest BCUT2D eigenvalue weighted by atomic mass is 16.7. The Morgan fingerprint density at radius 1 is 1.06 bits per heavy atom. The maximum atomic E-state index is 10.2. The van der Waals surface area contributed by atoms with Crippen LogP contribution in [-0.2, 0) is 14.2 Å². The molecule has 1 aliphatic rings. The van der Waals surface area contributed by atoms with Crippen molar-refractivity contribution in [2.45, 2.75) is 11.9 Å². The molecule has 0 heterocycles. The lowest BCUT2D eigenvalue weighted by Gasteiger charge is -2.45. The Morgan fingerprint density at radius 3 is 2.12 bits per heavy atom. The number of methoxy groups -OCH3 is 3. The van der Waals surface area contributed by atoms with Gasteiger partial charge in [0, 0.05) is 19.8 Å². The minimum Gasteiger partial charge on any atom is -0.495 e. The van der Waals surface area contributed by atoms with Crippen LogP contribution in [0.15, 0.2) is 36.1 Å². The molecule has 0 spiro atoms. The lowest BCUT2D eigenvalue weighted by atomic mass is 9.80. The summed E-state index contributed by atoms with van der Waals surface area (Å²) >= 11 is 0. The van der Waals surface area contributed by atoms with Crippen molar-refractivity contribution in [2.75, 3.05) is 21.3 Å². The number of benzene rings is 1. The maximum Gasteiger partial charge on any atom is 0.259 e. The van der Waals surface area contributed by atoms with Crippen molar-refractivity contribution in [1.29, 1.82) is 0 Å². The molecule has 0 radical (unpaired) electrons. The van der Waals surface area contributed by atoms with Crippen LogP contribution in [-0.4, -0.2) is 38.3 Å². The first-order valence-corrected chi connectivity index (χ1v) is 5.33. The van der Waals surface area contributed by atoms with Gasteiger partial charge >= 0.3 is 0 Å². The summed E-state index contributed by atoms with van der Waals surface area (Å²) in [5.74, 6) is -0.666. The third kappa shape index (κ3) is 1.57. The second kappa shape index (κ2) is 4.49. The van der Waals surface area contributed by atoms with Crippen LogP contribution < -0.4 is 0 Å². The summed E-state index contributed by atoms with van der Waals surface area (Å²) in [4.78, 5) is 0. The molecule has 1 aromatic carbocycles. The van der Waals surface area contributed by atoms with E-state index in [1.807, 2.05) is 30.3 Å². The number of hydrogen-bond donors (Lipinski definition) is 1. The third-order valence-corrected chi connectivity index (χ3v) is 3.09. The second-order valence-electron chi connectivity index (χ2n) is 3.79. The van der Waals surface area contributed by atoms with Crippen LogP contribution in [0.3, 0.4) is 0 Å². The molecule has 1 unspecified atom stereocenters. The summed E-state index contributed by atoms with van der Waals surface area (Å²) in [5.41, 5.74) is 1.61. The lowest BCUT2D eigenvalue weighted by molar-refractivity contribution is -0.253. The minimum atomic E-state index is -1.18. The van der Waals surface area contributed by atoms with Crippen LogP contribution in [0, 0.1) is 0 Å². The number of aliphatic hydroxyl groups is 1. The average molecular weight is 236 g/mol. The molecule has 1 atom stereocenters. The summed E-state index contributed by atoms with van der Waals surface area (Å²) in [5, 5.41) is 10.2. The smallest absolute Gasteiger partial charge is 0.259 e. The highest BCUT2D eigenvalue weighted by molar-refractivity contribution is 5.79. The number of hydrogen-bond acceptors (Lipinski definition) is 4. The molecule has 0 aromatic heterocycles. The molecule has 17 heavy (non-hydrogen) atoms. The van der Waals surface area contributed by atoms with Crippen LogP contribution >= 0.6 is 0 Å². The Morgan fingerprint density at radius 2 is 1.65 bits per heavy atom. The molecule has 0 amide bonds. The molecule has 0 saturated carbocycles. The van der Waals surface area contributed by atoms with E-state index in [9.17, 15) is 5.11 Å². The first kappa shape index (κ1) is 12.1. The SMILES string of the molecule is COC1=C(c2ccccc2)C(O)C1(OC)OC. The van der Waals surface area contributed by atoms with E-state index >= 15 is 0 Å². The molecule has 0 bridgehead atoms. The van der Waals surface area contributed by atoms with Gasteiger partial charge in [-0.2, -0.15) is 0 Å². The van der Waals surface area contributed by atoms with Crippen molar-refractivity contribution >= 4 is 5.57 Å². The summed E-state index contributed by atoms with van der Waals surface area (Å²) < 4.78 is 15.8. The molecule has 4 heteroatoms. The van der Waals surface area contributed by atoms with Crippen LogP contribution in [0.25, 0.3) is 5.57 Å². The molecule has 1 N–H and O–H groups in total. The molecule has 0 fully saturated rings. The van der Waals surface area contributed by atoms with Gasteiger partial charge in [0.05, 0.1) is 7.11 Å². The zero-order valence-corrected chi connectivity index (χ0v) is 10.1. The zero-order chi connectivity index (χ0) is 12.5. The Hall–Kier alpha value is -1.36. The zero-order valence-electron chi connectivity index (χ0n) is 10.1. The average Bonchev–Trinajstić information content (AvgIpc) is 2.38. The number of ether oxygens (including phenoxy) is 3. The van der Waals surface area contributed by atoms with E-state index in [0.29, 0.717) is 11.3 Å². The molecular formula is C13H16O4. The van der Waals surface area contributed by atoms with Crippen LogP contribution in [0.2, 0.25) is 0 Å². The lowest BCUT2D eigenvalue weighted by Crippen LogP contribution is -2.56. The van der Waals surface area contributed by atoms with Crippen molar-refractivity contribution < 1.29 is 19.3 Å². The predicted molar refractivity (Wildman–Crippen MR) is 63.1 cm³/mol. The maximum absolute atomic E-state index is 10.2. The molecule has 1 aliphatic carbocycles. The standard InChI is InChI=1S/C13H16O4/c1-15-12-10(9-7-5-4-6-8-9)11(14)13(12,16-2)17-3/h4-8,11,14H,1-3H3. The van der Waals surface area contributed by atoms with Crippen LogP contribution in [0.4, 0.5) is 0 Å². The van der Waals surface area contributed by atoms with E-state index in [1.54, 1.807) is 0 Å². The Balaban J connectivity index is 2.47. The molecule has 4 nitrogen and oxygen atoms in total. The van der Waals surface area contributed by atoms with E-state index in [4.69, 9.17) is 14.2 Å². The number of rotatable bonds is 4.